The fraction of sp³-hybridized carbons (Fsp3) is 0.590. The van der Waals surface area contributed by atoms with E-state index in [-0.39, 0.29) is 87.8 Å². The first kappa shape index (κ1) is 46.4. The van der Waals surface area contributed by atoms with Crippen LogP contribution in [0.4, 0.5) is 20.2 Å². The Morgan fingerprint density at radius 1 is 0.787 bits per heavy atom. The van der Waals surface area contributed by atoms with E-state index in [0.717, 1.165) is 6.42 Å². The zero-order valence-electron chi connectivity index (χ0n) is 34.5. The van der Waals surface area contributed by atoms with Crippen molar-refractivity contribution in [1.29, 1.82) is 0 Å². The summed E-state index contributed by atoms with van der Waals surface area (Å²) in [6.45, 7) is 6.03. The number of carbonyl (C=O) groups excluding carboxylic acids is 6. The maximum absolute atomic E-state index is 14.6. The molecule has 5 rings (SSSR count). The van der Waals surface area contributed by atoms with E-state index in [2.05, 4.69) is 10.3 Å². The number of carbonyl (C=O) groups is 6. The summed E-state index contributed by atoms with van der Waals surface area (Å²) in [5, 5.41) is 2.56. The number of anilines is 1. The van der Waals surface area contributed by atoms with Crippen LogP contribution in [0.15, 0.2) is 36.4 Å². The Kier molecular flexibility index (Phi) is 16.9. The minimum absolute atomic E-state index is 0.0340. The quantitative estimate of drug-likeness (QED) is 0.0654. The molecule has 3 amide bonds. The highest BCUT2D eigenvalue weighted by Gasteiger charge is 2.60. The van der Waals surface area contributed by atoms with E-state index < -0.39 is 63.8 Å². The van der Waals surface area contributed by atoms with E-state index in [1.54, 1.807) is 37.3 Å². The first-order valence-corrected chi connectivity index (χ1v) is 20.9. The largest absolute Gasteiger partial charge is 0.510 e. The molecule has 1 aromatic carbocycles. The molecule has 3 heterocycles. The molecule has 2 aliphatic heterocycles. The maximum atomic E-state index is 14.6. The van der Waals surface area contributed by atoms with Crippen LogP contribution in [0.5, 0.6) is 0 Å². The monoisotopic (exact) mass is 874 g/mol. The summed E-state index contributed by atoms with van der Waals surface area (Å²) in [7, 11) is -1.10. The second-order valence-corrected chi connectivity index (χ2v) is 14.7. The van der Waals surface area contributed by atoms with E-state index in [1.807, 2.05) is 11.8 Å². The van der Waals surface area contributed by atoms with Crippen LogP contribution in [0.1, 0.15) is 51.0 Å². The Morgan fingerprint density at radius 2 is 1.38 bits per heavy atom. The molecule has 61 heavy (non-hydrogen) atoms. The van der Waals surface area contributed by atoms with Crippen molar-refractivity contribution in [3.63, 3.8) is 0 Å². The highest BCUT2D eigenvalue weighted by Crippen LogP contribution is 2.53. The number of rotatable bonds is 20. The van der Waals surface area contributed by atoms with E-state index in [1.165, 1.54) is 29.7 Å². The van der Waals surface area contributed by atoms with Crippen LogP contribution in [0.3, 0.4) is 0 Å². The molecule has 0 bridgehead atoms. The number of benzene rings is 1. The normalized spacial score (nSPS) is 18.7. The van der Waals surface area contributed by atoms with Gasteiger partial charge in [0.2, 0.25) is 8.46 Å². The van der Waals surface area contributed by atoms with Crippen LogP contribution in [0.2, 0.25) is 0 Å². The topological polar surface area (TPSA) is 241 Å². The summed E-state index contributed by atoms with van der Waals surface area (Å²) in [5.74, 6) is -1.74. The Bertz CT molecular complexity index is 1830. The van der Waals surface area contributed by atoms with Crippen LogP contribution in [-0.4, -0.2) is 147 Å². The Hall–Kier alpha value is -5.66. The average Bonchev–Trinajstić information content (AvgIpc) is 3.77. The van der Waals surface area contributed by atoms with Crippen molar-refractivity contribution in [1.82, 2.24) is 25.1 Å². The lowest BCUT2D eigenvalue weighted by Gasteiger charge is -2.39. The molecule has 0 spiro atoms. The third kappa shape index (κ3) is 12.0. The maximum Gasteiger partial charge on any atom is 0.510 e. The van der Waals surface area contributed by atoms with Crippen LogP contribution in [0.25, 0.3) is 11.4 Å². The standard InChI is InChI=1S/C39H51N6O15P/c1-5-9-19-56-36(49)44-17-15-43(16-18-44)34(47)31(39(61-52,59-23-57-37(50)54-7-3)60-24-58-38(51)55-8-4)42-33(46)28-20-29(41-32(40-28)25-13-11-10-12-14-25)45-21-26-27(22-45)30(26)35(48)53-6-2/h10-14,20,26-27,30-31H,5-9,15-19,21-24H2,1-4H3,(H,42,46)/t26?,27?,30?,31-/m1/s1. The molecule has 2 saturated heterocycles. The third-order valence-corrected chi connectivity index (χ3v) is 10.8. The van der Waals surface area contributed by atoms with E-state index in [9.17, 15) is 33.3 Å². The lowest BCUT2D eigenvalue weighted by molar-refractivity contribution is -0.249. The van der Waals surface area contributed by atoms with Gasteiger partial charge in [0.05, 0.1) is 32.3 Å². The molecule has 22 heteroatoms. The molecule has 2 aromatic rings. The predicted molar refractivity (Wildman–Crippen MR) is 211 cm³/mol. The van der Waals surface area contributed by atoms with Gasteiger partial charge in [0, 0.05) is 50.9 Å². The summed E-state index contributed by atoms with van der Waals surface area (Å²) in [4.78, 5) is 92.4. The molecule has 1 saturated carbocycles. The molecule has 3 aliphatic rings. The number of aromatic nitrogens is 2. The van der Waals surface area contributed by atoms with Crippen molar-refractivity contribution >= 4 is 50.5 Å². The van der Waals surface area contributed by atoms with Gasteiger partial charge in [-0.1, -0.05) is 43.7 Å². The minimum Gasteiger partial charge on any atom is -0.466 e. The van der Waals surface area contributed by atoms with Crippen molar-refractivity contribution in [2.45, 2.75) is 52.1 Å². The molecule has 1 aliphatic carbocycles. The van der Waals surface area contributed by atoms with E-state index in [0.29, 0.717) is 30.9 Å². The number of ether oxygens (including phenoxy) is 8. The van der Waals surface area contributed by atoms with Gasteiger partial charge in [-0.3, -0.25) is 18.9 Å². The molecule has 0 radical (unpaired) electrons. The second-order valence-electron chi connectivity index (χ2n) is 13.9. The highest BCUT2D eigenvalue weighted by molar-refractivity contribution is 7.25. The minimum atomic E-state index is -2.74. The van der Waals surface area contributed by atoms with E-state index in [4.69, 9.17) is 42.9 Å². The van der Waals surface area contributed by atoms with Crippen LogP contribution >= 0.6 is 8.46 Å². The fourth-order valence-corrected chi connectivity index (χ4v) is 7.38. The van der Waals surface area contributed by atoms with Gasteiger partial charge in [0.25, 0.3) is 17.3 Å². The van der Waals surface area contributed by atoms with Gasteiger partial charge in [-0.15, -0.1) is 0 Å². The highest BCUT2D eigenvalue weighted by atomic mass is 31.1. The van der Waals surface area contributed by atoms with Crippen molar-refractivity contribution in [2.75, 3.05) is 84.2 Å². The van der Waals surface area contributed by atoms with Crippen molar-refractivity contribution in [3.05, 3.63) is 42.1 Å². The number of piperidine rings is 1. The summed E-state index contributed by atoms with van der Waals surface area (Å²) < 4.78 is 54.7. The SMILES string of the molecule is CCCCOC(=O)N1CCN(C(=O)[C@@H](NC(=O)c2cc(N3CC4C(C3)C4C(=O)OCC)nc(-c3ccccc3)n2)C(OCOC(=O)OCC)(OCOC(=O)OCC)P=O)CC1. The molecule has 1 aromatic heterocycles. The van der Waals surface area contributed by atoms with Gasteiger partial charge in [-0.05, 0) is 39.0 Å². The van der Waals surface area contributed by atoms with Crippen molar-refractivity contribution in [3.8, 4) is 11.4 Å². The summed E-state index contributed by atoms with van der Waals surface area (Å²) in [6, 6.07) is 8.24. The van der Waals surface area contributed by atoms with Gasteiger partial charge in [0.15, 0.2) is 25.5 Å². The molecule has 3 atom stereocenters. The zero-order chi connectivity index (χ0) is 43.9. The van der Waals surface area contributed by atoms with Crippen LogP contribution in [-0.2, 0) is 52.0 Å². The molecular formula is C39H51N6O15P. The number of piperazine rings is 1. The zero-order valence-corrected chi connectivity index (χ0v) is 35.4. The number of amides is 3. The molecular weight excluding hydrogens is 823 g/mol. The molecule has 3 fully saturated rings. The second kappa shape index (κ2) is 22.3. The van der Waals surface area contributed by atoms with Gasteiger partial charge in [-0.25, -0.2) is 24.4 Å². The van der Waals surface area contributed by atoms with Crippen LogP contribution < -0.4 is 10.2 Å². The molecule has 21 nitrogen and oxygen atoms in total. The molecule has 332 valence electrons. The van der Waals surface area contributed by atoms with Crippen LogP contribution in [0, 0.1) is 17.8 Å². The Morgan fingerprint density at radius 3 is 1.93 bits per heavy atom. The smallest absolute Gasteiger partial charge is 0.466 e. The van der Waals surface area contributed by atoms with Gasteiger partial charge >= 0.3 is 24.4 Å². The van der Waals surface area contributed by atoms with Gasteiger partial charge in [-0.2, -0.15) is 0 Å². The summed E-state index contributed by atoms with van der Waals surface area (Å²) in [5.41, 5.74) is -2.39. The number of nitrogens with one attached hydrogen (secondary N) is 1. The number of esters is 1. The first-order chi connectivity index (χ1) is 29.5. The number of fused-ring (bicyclic) bond motifs is 1. The van der Waals surface area contributed by atoms with E-state index >= 15 is 0 Å². The third-order valence-electron chi connectivity index (χ3n) is 10.1. The molecule has 2 unspecified atom stereocenters. The van der Waals surface area contributed by atoms with Gasteiger partial charge < -0.3 is 57.9 Å². The number of nitrogens with zero attached hydrogens (tertiary/aromatic N) is 5. The lowest BCUT2D eigenvalue weighted by atomic mass is 10.1. The molecule has 1 N–H and O–H groups in total. The first-order valence-electron chi connectivity index (χ1n) is 20.1. The summed E-state index contributed by atoms with van der Waals surface area (Å²) in [6.07, 6.45) is -1.41. The Balaban J connectivity index is 1.47. The Labute approximate surface area is 353 Å². The number of hydrogen-bond acceptors (Lipinski definition) is 18. The fourth-order valence-electron chi connectivity index (χ4n) is 6.89. The van der Waals surface area contributed by atoms with Crippen molar-refractivity contribution < 1.29 is 71.2 Å². The van der Waals surface area contributed by atoms with Crippen molar-refractivity contribution in [2.24, 2.45) is 17.8 Å². The number of unbranched alkanes of at least 4 members (excludes halogenated alkanes) is 1. The summed E-state index contributed by atoms with van der Waals surface area (Å²) >= 11 is 0. The lowest BCUT2D eigenvalue weighted by Crippen LogP contribution is -2.63. The van der Waals surface area contributed by atoms with Gasteiger partial charge in [0.1, 0.15) is 11.5 Å². The number of hydrogen-bond donors (Lipinski definition) is 1. The average molecular weight is 875 g/mol. The predicted octanol–water partition coefficient (Wildman–Crippen LogP) is 3.81.